The number of phosphoric ester groups is 1. The largest absolute Gasteiger partial charge is 0.473 e. The molecular formula is C21H20F2N3O9P. The van der Waals surface area contributed by atoms with E-state index in [-0.39, 0.29) is 56.4 Å². The van der Waals surface area contributed by atoms with Crippen molar-refractivity contribution >= 4 is 31.1 Å². The van der Waals surface area contributed by atoms with Gasteiger partial charge >= 0.3 is 13.9 Å². The molecule has 3 aliphatic rings. The van der Waals surface area contributed by atoms with Gasteiger partial charge in [0.15, 0.2) is 12.2 Å². The molecule has 2 amide bonds. The molecule has 0 spiro atoms. The number of hydrogen-bond acceptors (Lipinski definition) is 9. The smallest absolute Gasteiger partial charge is 0.471 e. The van der Waals surface area contributed by atoms with Crippen molar-refractivity contribution in [1.29, 1.82) is 0 Å². The highest BCUT2D eigenvalue weighted by atomic mass is 31.2. The van der Waals surface area contributed by atoms with Gasteiger partial charge < -0.3 is 23.8 Å². The van der Waals surface area contributed by atoms with Gasteiger partial charge in [-0.2, -0.15) is 0 Å². The average Bonchev–Trinajstić information content (AvgIpc) is 3.57. The summed E-state index contributed by atoms with van der Waals surface area (Å²) < 4.78 is 65.9. The fourth-order valence-electron chi connectivity index (χ4n) is 4.10. The molecule has 15 heteroatoms. The Labute approximate surface area is 202 Å². The summed E-state index contributed by atoms with van der Waals surface area (Å²) in [4.78, 5) is 36.5. The van der Waals surface area contributed by atoms with Crippen LogP contribution in [-0.4, -0.2) is 72.0 Å². The summed E-state index contributed by atoms with van der Waals surface area (Å²) in [6.45, 7) is -0.213. The lowest BCUT2D eigenvalue weighted by Gasteiger charge is -2.28. The van der Waals surface area contributed by atoms with E-state index in [9.17, 15) is 19.0 Å². The second kappa shape index (κ2) is 9.62. The van der Waals surface area contributed by atoms with Crippen molar-refractivity contribution in [2.75, 3.05) is 37.7 Å². The van der Waals surface area contributed by atoms with Crippen molar-refractivity contribution < 1.29 is 50.9 Å². The fourth-order valence-corrected chi connectivity index (χ4v) is 4.95. The first kappa shape index (κ1) is 24.4. The number of hydrogen-bond donors (Lipinski definition) is 1. The number of rotatable bonds is 6. The number of ether oxygens (including phenoxy) is 2. The van der Waals surface area contributed by atoms with Crippen LogP contribution in [0.1, 0.15) is 12.0 Å². The molecule has 1 N–H and O–H groups in total. The molecule has 0 aliphatic carbocycles. The molecule has 2 fully saturated rings. The molecule has 1 aromatic heterocycles. The van der Waals surface area contributed by atoms with Crippen LogP contribution < -0.4 is 9.64 Å². The van der Waals surface area contributed by atoms with Crippen LogP contribution in [0.3, 0.4) is 0 Å². The fraction of sp³-hybridized carbons (Fsp3) is 0.381. The van der Waals surface area contributed by atoms with Crippen molar-refractivity contribution in [2.24, 2.45) is 0 Å². The minimum absolute atomic E-state index is 0.0114. The minimum Gasteiger partial charge on any atom is -0.471 e. The van der Waals surface area contributed by atoms with Crippen LogP contribution in [0.2, 0.25) is 0 Å². The molecule has 2 aromatic rings. The van der Waals surface area contributed by atoms with Crippen LogP contribution in [-0.2, 0) is 23.1 Å². The van der Waals surface area contributed by atoms with Crippen LogP contribution in [0.25, 0.3) is 5.57 Å². The highest BCUT2D eigenvalue weighted by molar-refractivity contribution is 7.47. The predicted molar refractivity (Wildman–Crippen MR) is 116 cm³/mol. The van der Waals surface area contributed by atoms with E-state index < -0.39 is 43.7 Å². The molecule has 3 atom stereocenters. The Morgan fingerprint density at radius 1 is 1.31 bits per heavy atom. The first-order valence-electron chi connectivity index (χ1n) is 10.8. The molecule has 0 radical (unpaired) electrons. The Hall–Kier alpha value is -3.32. The number of anilines is 1. The van der Waals surface area contributed by atoms with Gasteiger partial charge in [-0.05, 0) is 29.3 Å². The van der Waals surface area contributed by atoms with Gasteiger partial charge in [-0.25, -0.2) is 18.1 Å². The second-order valence-corrected chi connectivity index (χ2v) is 9.58. The third kappa shape index (κ3) is 4.98. The van der Waals surface area contributed by atoms with Gasteiger partial charge in [-0.3, -0.25) is 18.7 Å². The maximum atomic E-state index is 15.0. The number of benzene rings is 1. The lowest BCUT2D eigenvalue weighted by atomic mass is 9.97. The van der Waals surface area contributed by atoms with Crippen molar-refractivity contribution in [3.63, 3.8) is 0 Å². The molecule has 2 saturated heterocycles. The summed E-state index contributed by atoms with van der Waals surface area (Å²) in [5.74, 6) is -2.09. The molecule has 5 rings (SSSR count). The van der Waals surface area contributed by atoms with E-state index in [1.165, 1.54) is 23.3 Å². The topological polar surface area (TPSA) is 141 Å². The molecule has 1 aromatic carbocycles. The Morgan fingerprint density at radius 2 is 2.08 bits per heavy atom. The van der Waals surface area contributed by atoms with E-state index in [1.807, 2.05) is 0 Å². The number of cyclic esters (lactones) is 1. The number of aromatic nitrogens is 1. The first-order chi connectivity index (χ1) is 17.2. The Kier molecular flexibility index (Phi) is 6.51. The predicted octanol–water partition coefficient (Wildman–Crippen LogP) is 2.49. The molecule has 36 heavy (non-hydrogen) atoms. The van der Waals surface area contributed by atoms with E-state index >= 15 is 8.78 Å². The molecule has 2 unspecified atom stereocenters. The number of halogens is 2. The third-order valence-electron chi connectivity index (χ3n) is 5.81. The monoisotopic (exact) mass is 527 g/mol. The maximum Gasteiger partial charge on any atom is 0.473 e. The number of nitrogens with zero attached hydrogens (tertiary/aromatic N) is 3. The van der Waals surface area contributed by atoms with Crippen LogP contribution in [0.5, 0.6) is 5.88 Å². The molecule has 0 saturated carbocycles. The van der Waals surface area contributed by atoms with Gasteiger partial charge in [0.2, 0.25) is 0 Å². The van der Waals surface area contributed by atoms with Crippen molar-refractivity contribution in [1.82, 2.24) is 10.1 Å². The minimum atomic E-state index is -4.23. The standard InChI is InChI=1S/C21H20F2N3O9P/c22-15-7-13(26-9-14(34-21(26)28)10-31-18-3-6-32-24-18)8-16(23)19(15)12-1-4-25(5-2-12)20(27)17-11-33-36(29,30)35-17/h1,3,6-8,14,17H,2,4-5,9-11H2,(H,29,30)/t14?,17-/m0/s1. The second-order valence-electron chi connectivity index (χ2n) is 8.17. The number of amides is 2. The van der Waals surface area contributed by atoms with E-state index in [1.54, 1.807) is 0 Å². The average molecular weight is 527 g/mol. The van der Waals surface area contributed by atoms with Crippen LogP contribution in [0, 0.1) is 11.6 Å². The zero-order chi connectivity index (χ0) is 25.4. The van der Waals surface area contributed by atoms with Gasteiger partial charge in [0, 0.05) is 24.7 Å². The highest BCUT2D eigenvalue weighted by Gasteiger charge is 2.41. The van der Waals surface area contributed by atoms with Crippen LogP contribution >= 0.6 is 7.82 Å². The zero-order valence-electron chi connectivity index (χ0n) is 18.5. The highest BCUT2D eigenvalue weighted by Crippen LogP contribution is 2.50. The number of carbonyl (C=O) groups excluding carboxylic acids is 2. The SMILES string of the molecule is O=C([C@@H]1COP(=O)(O)O1)N1CC=C(c2c(F)cc(N3CC(COc4ccon4)OC3=O)cc2F)CC1. The summed E-state index contributed by atoms with van der Waals surface area (Å²) in [6.07, 6.45) is 0.287. The number of carbonyl (C=O) groups is 2. The maximum absolute atomic E-state index is 15.0. The van der Waals surface area contributed by atoms with Gasteiger partial charge in [-0.15, -0.1) is 0 Å². The molecule has 0 bridgehead atoms. The van der Waals surface area contributed by atoms with Gasteiger partial charge in [0.25, 0.3) is 11.8 Å². The first-order valence-corrected chi connectivity index (χ1v) is 12.3. The molecular weight excluding hydrogens is 507 g/mol. The lowest BCUT2D eigenvalue weighted by Crippen LogP contribution is -2.42. The van der Waals surface area contributed by atoms with E-state index in [4.69, 9.17) is 14.0 Å². The summed E-state index contributed by atoms with van der Waals surface area (Å²) in [5, 5.41) is 3.58. The quantitative estimate of drug-likeness (QED) is 0.557. The van der Waals surface area contributed by atoms with E-state index in [0.29, 0.717) is 5.57 Å². The van der Waals surface area contributed by atoms with Gasteiger partial charge in [0.1, 0.15) is 24.5 Å². The summed E-state index contributed by atoms with van der Waals surface area (Å²) in [6, 6.07) is 3.57. The van der Waals surface area contributed by atoms with Crippen molar-refractivity contribution in [3.8, 4) is 5.88 Å². The Morgan fingerprint density at radius 3 is 2.69 bits per heavy atom. The summed E-state index contributed by atoms with van der Waals surface area (Å²) >= 11 is 0. The summed E-state index contributed by atoms with van der Waals surface area (Å²) in [7, 11) is -4.23. The van der Waals surface area contributed by atoms with Gasteiger partial charge in [0.05, 0.1) is 18.8 Å². The van der Waals surface area contributed by atoms with Crippen LogP contribution in [0.4, 0.5) is 19.3 Å². The molecule has 3 aliphatic heterocycles. The lowest BCUT2D eigenvalue weighted by molar-refractivity contribution is -0.137. The molecule has 12 nitrogen and oxygen atoms in total. The Balaban J connectivity index is 1.24. The van der Waals surface area contributed by atoms with Gasteiger partial charge in [-0.1, -0.05) is 6.08 Å². The normalized spacial score (nSPS) is 26.2. The molecule has 4 heterocycles. The van der Waals surface area contributed by atoms with E-state index in [0.717, 1.165) is 17.0 Å². The zero-order valence-corrected chi connectivity index (χ0v) is 19.4. The van der Waals surface area contributed by atoms with Crippen LogP contribution in [0.15, 0.2) is 35.1 Å². The number of phosphoric acid groups is 1. The third-order valence-corrected chi connectivity index (χ3v) is 6.81. The molecule has 192 valence electrons. The van der Waals surface area contributed by atoms with Crippen molar-refractivity contribution in [2.45, 2.75) is 18.6 Å². The van der Waals surface area contributed by atoms with Crippen molar-refractivity contribution in [3.05, 3.63) is 47.7 Å². The Bertz CT molecular complexity index is 1230. The summed E-state index contributed by atoms with van der Waals surface area (Å²) in [5.41, 5.74) is 0.0762. The van der Waals surface area contributed by atoms with E-state index in [2.05, 4.69) is 14.2 Å².